The van der Waals surface area contributed by atoms with Crippen LogP contribution in [-0.4, -0.2) is 29.9 Å². The third-order valence-corrected chi connectivity index (χ3v) is 4.73. The van der Waals surface area contributed by atoms with Crippen LogP contribution in [0.3, 0.4) is 0 Å². The van der Waals surface area contributed by atoms with Crippen molar-refractivity contribution in [2.45, 2.75) is 32.9 Å². The molecule has 2 aromatic rings. The summed E-state index contributed by atoms with van der Waals surface area (Å²) in [4.78, 5) is 13.4. The average Bonchev–Trinajstić information content (AvgIpc) is 2.53. The van der Waals surface area contributed by atoms with Gasteiger partial charge in [0, 0.05) is 32.6 Å². The highest BCUT2D eigenvalue weighted by Gasteiger charge is 2.26. The molecule has 1 saturated heterocycles. The van der Waals surface area contributed by atoms with Crippen LogP contribution in [0.4, 0.5) is 0 Å². The summed E-state index contributed by atoms with van der Waals surface area (Å²) in [6.07, 6.45) is 1.04. The Morgan fingerprint density at radius 1 is 1.23 bits per heavy atom. The molecule has 1 amide bonds. The predicted molar refractivity (Wildman–Crippen MR) is 90.6 cm³/mol. The number of piperidine rings is 1. The number of rotatable bonds is 3. The van der Waals surface area contributed by atoms with Gasteiger partial charge in [0.05, 0.1) is 0 Å². The standard InChI is InChI=1S/C19H24N2O/c1-14-13-21(15(2)22)10-9-19(14)20-12-16-7-8-17-5-3-4-6-18(17)11-16/h3-8,11,14,19-20H,9-10,12-13H2,1-2H3. The lowest BCUT2D eigenvalue weighted by Gasteiger charge is -2.37. The van der Waals surface area contributed by atoms with Gasteiger partial charge in [0.2, 0.25) is 5.91 Å². The first-order valence-corrected chi connectivity index (χ1v) is 8.10. The average molecular weight is 296 g/mol. The van der Waals surface area contributed by atoms with Crippen LogP contribution in [-0.2, 0) is 11.3 Å². The minimum Gasteiger partial charge on any atom is -0.343 e. The van der Waals surface area contributed by atoms with Gasteiger partial charge in [0.25, 0.3) is 0 Å². The number of fused-ring (bicyclic) bond motifs is 1. The third kappa shape index (κ3) is 3.30. The first-order valence-electron chi connectivity index (χ1n) is 8.10. The fraction of sp³-hybridized carbons (Fsp3) is 0.421. The van der Waals surface area contributed by atoms with Crippen LogP contribution in [0.5, 0.6) is 0 Å². The molecule has 0 spiro atoms. The van der Waals surface area contributed by atoms with Gasteiger partial charge in [0.15, 0.2) is 0 Å². The molecule has 3 heteroatoms. The van der Waals surface area contributed by atoms with E-state index in [0.717, 1.165) is 26.1 Å². The molecule has 2 atom stereocenters. The summed E-state index contributed by atoms with van der Waals surface area (Å²) in [5.41, 5.74) is 1.32. The van der Waals surface area contributed by atoms with E-state index in [0.29, 0.717) is 12.0 Å². The Morgan fingerprint density at radius 3 is 2.73 bits per heavy atom. The quantitative estimate of drug-likeness (QED) is 0.943. The van der Waals surface area contributed by atoms with Gasteiger partial charge in [-0.3, -0.25) is 4.79 Å². The Bertz CT molecular complexity index is 667. The van der Waals surface area contributed by atoms with Gasteiger partial charge in [-0.1, -0.05) is 43.3 Å². The smallest absolute Gasteiger partial charge is 0.219 e. The van der Waals surface area contributed by atoms with Gasteiger partial charge in [-0.25, -0.2) is 0 Å². The van der Waals surface area contributed by atoms with Crippen LogP contribution < -0.4 is 5.32 Å². The lowest BCUT2D eigenvalue weighted by atomic mass is 9.93. The van der Waals surface area contributed by atoms with Gasteiger partial charge in [-0.15, -0.1) is 0 Å². The van der Waals surface area contributed by atoms with E-state index in [2.05, 4.69) is 54.7 Å². The van der Waals surface area contributed by atoms with Gasteiger partial charge in [-0.2, -0.15) is 0 Å². The second-order valence-corrected chi connectivity index (χ2v) is 6.40. The molecule has 0 radical (unpaired) electrons. The summed E-state index contributed by atoms with van der Waals surface area (Å²) in [6, 6.07) is 15.6. The zero-order chi connectivity index (χ0) is 15.5. The molecule has 2 aromatic carbocycles. The molecular weight excluding hydrogens is 272 g/mol. The lowest BCUT2D eigenvalue weighted by molar-refractivity contribution is -0.130. The molecule has 22 heavy (non-hydrogen) atoms. The van der Waals surface area contributed by atoms with Gasteiger partial charge in [0.1, 0.15) is 0 Å². The maximum atomic E-state index is 11.5. The summed E-state index contributed by atoms with van der Waals surface area (Å²) in [6.45, 7) is 6.52. The molecule has 1 N–H and O–H groups in total. The number of carbonyl (C=O) groups is 1. The molecule has 0 aliphatic carbocycles. The molecule has 1 aliphatic heterocycles. The summed E-state index contributed by atoms with van der Waals surface area (Å²) < 4.78 is 0. The van der Waals surface area contributed by atoms with Gasteiger partial charge < -0.3 is 10.2 Å². The highest BCUT2D eigenvalue weighted by Crippen LogP contribution is 2.19. The fourth-order valence-electron chi connectivity index (χ4n) is 3.33. The zero-order valence-electron chi connectivity index (χ0n) is 13.4. The number of nitrogens with zero attached hydrogens (tertiary/aromatic N) is 1. The number of benzene rings is 2. The minimum atomic E-state index is 0.194. The second kappa shape index (κ2) is 6.49. The van der Waals surface area contributed by atoms with Crippen molar-refractivity contribution in [2.75, 3.05) is 13.1 Å². The minimum absolute atomic E-state index is 0.194. The molecule has 116 valence electrons. The van der Waals surface area contributed by atoms with Crippen molar-refractivity contribution < 1.29 is 4.79 Å². The van der Waals surface area contributed by atoms with E-state index in [4.69, 9.17) is 0 Å². The van der Waals surface area contributed by atoms with E-state index in [1.54, 1.807) is 6.92 Å². The summed E-state index contributed by atoms with van der Waals surface area (Å²) in [5.74, 6) is 0.693. The van der Waals surface area contributed by atoms with Crippen LogP contribution in [0, 0.1) is 5.92 Å². The zero-order valence-corrected chi connectivity index (χ0v) is 13.4. The van der Waals surface area contributed by atoms with Crippen LogP contribution in [0.15, 0.2) is 42.5 Å². The Balaban J connectivity index is 1.61. The van der Waals surface area contributed by atoms with E-state index in [9.17, 15) is 4.79 Å². The third-order valence-electron chi connectivity index (χ3n) is 4.73. The van der Waals surface area contributed by atoms with Crippen molar-refractivity contribution in [3.8, 4) is 0 Å². The number of amides is 1. The van der Waals surface area contributed by atoms with Crippen LogP contribution in [0.1, 0.15) is 25.8 Å². The largest absolute Gasteiger partial charge is 0.343 e. The monoisotopic (exact) mass is 296 g/mol. The van der Waals surface area contributed by atoms with Crippen molar-refractivity contribution in [2.24, 2.45) is 5.92 Å². The summed E-state index contributed by atoms with van der Waals surface area (Å²) in [7, 11) is 0. The molecule has 1 heterocycles. The highest BCUT2D eigenvalue weighted by molar-refractivity contribution is 5.82. The first-order chi connectivity index (χ1) is 10.6. The number of nitrogens with one attached hydrogen (secondary N) is 1. The lowest BCUT2D eigenvalue weighted by Crippen LogP contribution is -2.49. The second-order valence-electron chi connectivity index (χ2n) is 6.40. The molecule has 3 nitrogen and oxygen atoms in total. The van der Waals surface area contributed by atoms with Gasteiger partial charge in [-0.05, 0) is 34.7 Å². The van der Waals surface area contributed by atoms with E-state index in [1.807, 2.05) is 4.90 Å². The van der Waals surface area contributed by atoms with E-state index in [1.165, 1.54) is 16.3 Å². The maximum Gasteiger partial charge on any atom is 0.219 e. The summed E-state index contributed by atoms with van der Waals surface area (Å²) >= 11 is 0. The van der Waals surface area contributed by atoms with E-state index < -0.39 is 0 Å². The van der Waals surface area contributed by atoms with E-state index >= 15 is 0 Å². The predicted octanol–water partition coefficient (Wildman–Crippen LogP) is 3.19. The number of hydrogen-bond donors (Lipinski definition) is 1. The maximum absolute atomic E-state index is 11.5. The van der Waals surface area contributed by atoms with Crippen molar-refractivity contribution in [1.82, 2.24) is 10.2 Å². The topological polar surface area (TPSA) is 32.3 Å². The van der Waals surface area contributed by atoms with E-state index in [-0.39, 0.29) is 5.91 Å². The van der Waals surface area contributed by atoms with Crippen molar-refractivity contribution in [3.05, 3.63) is 48.0 Å². The molecule has 0 saturated carbocycles. The Kier molecular flexibility index (Phi) is 4.44. The molecule has 2 unspecified atom stereocenters. The normalized spacial score (nSPS) is 22.0. The first kappa shape index (κ1) is 15.0. The highest BCUT2D eigenvalue weighted by atomic mass is 16.2. The molecule has 0 aromatic heterocycles. The Morgan fingerprint density at radius 2 is 2.00 bits per heavy atom. The van der Waals surface area contributed by atoms with Crippen LogP contribution in [0.2, 0.25) is 0 Å². The number of hydrogen-bond acceptors (Lipinski definition) is 2. The van der Waals surface area contributed by atoms with Crippen LogP contribution >= 0.6 is 0 Å². The van der Waals surface area contributed by atoms with Gasteiger partial charge >= 0.3 is 0 Å². The van der Waals surface area contributed by atoms with Crippen molar-refractivity contribution in [3.63, 3.8) is 0 Å². The Hall–Kier alpha value is -1.87. The molecule has 3 rings (SSSR count). The van der Waals surface area contributed by atoms with Crippen LogP contribution in [0.25, 0.3) is 10.8 Å². The molecule has 1 fully saturated rings. The Labute approximate surface area is 132 Å². The molecule has 1 aliphatic rings. The fourth-order valence-corrected chi connectivity index (χ4v) is 3.33. The number of carbonyl (C=O) groups excluding carboxylic acids is 1. The van der Waals surface area contributed by atoms with Crippen molar-refractivity contribution in [1.29, 1.82) is 0 Å². The van der Waals surface area contributed by atoms with Crippen molar-refractivity contribution >= 4 is 16.7 Å². The molecular formula is C19H24N2O. The number of likely N-dealkylation sites (tertiary alicyclic amines) is 1. The SMILES string of the molecule is CC(=O)N1CCC(NCc2ccc3ccccc3c2)C(C)C1. The molecule has 0 bridgehead atoms. The summed E-state index contributed by atoms with van der Waals surface area (Å²) in [5, 5.41) is 6.25.